The van der Waals surface area contributed by atoms with Crippen molar-refractivity contribution >= 4 is 29.7 Å². The van der Waals surface area contributed by atoms with Crippen LogP contribution in [0.1, 0.15) is 40.9 Å². The van der Waals surface area contributed by atoms with Gasteiger partial charge in [-0.1, -0.05) is 19.1 Å². The molecule has 0 aliphatic carbocycles. The highest BCUT2D eigenvalue weighted by Gasteiger charge is 2.34. The maximum Gasteiger partial charge on any atom is 0.416 e. The average Bonchev–Trinajstić information content (AvgIpc) is 2.90. The first-order chi connectivity index (χ1) is 18.6. The second-order valence-corrected chi connectivity index (χ2v) is 9.22. The topological polar surface area (TPSA) is 98.3 Å². The molecule has 0 atom stereocenters. The van der Waals surface area contributed by atoms with Crippen LogP contribution in [0.25, 0.3) is 0 Å². The van der Waals surface area contributed by atoms with Crippen molar-refractivity contribution in [3.05, 3.63) is 70.7 Å². The summed E-state index contributed by atoms with van der Waals surface area (Å²) in [7, 11) is 0. The fourth-order valence-corrected chi connectivity index (χ4v) is 4.24. The van der Waals surface area contributed by atoms with Crippen molar-refractivity contribution in [2.24, 2.45) is 15.7 Å². The summed E-state index contributed by atoms with van der Waals surface area (Å²) < 4.78 is 41.8. The van der Waals surface area contributed by atoms with Crippen LogP contribution in [0.4, 0.5) is 24.5 Å². The van der Waals surface area contributed by atoms with Crippen molar-refractivity contribution in [2.75, 3.05) is 49.9 Å². The molecule has 1 heterocycles. The molecule has 1 saturated heterocycles. The number of nitrogens with two attached hydrogens (primary N) is 1. The first-order valence-electron chi connectivity index (χ1n) is 12.9. The Morgan fingerprint density at radius 3 is 2.49 bits per heavy atom. The van der Waals surface area contributed by atoms with Gasteiger partial charge in [-0.3, -0.25) is 14.7 Å². The Morgan fingerprint density at radius 1 is 1.10 bits per heavy atom. The molecule has 3 rings (SSSR count). The second kappa shape index (κ2) is 13.9. The molecule has 210 valence electrons. The van der Waals surface area contributed by atoms with Gasteiger partial charge in [-0.2, -0.15) is 13.2 Å². The molecule has 0 radical (unpaired) electrons. The molecule has 0 saturated carbocycles. The summed E-state index contributed by atoms with van der Waals surface area (Å²) in [5.74, 6) is -0.225. The lowest BCUT2D eigenvalue weighted by Gasteiger charge is -2.34. The smallest absolute Gasteiger partial charge is 0.382 e. The normalized spacial score (nSPS) is 15.8. The number of nitrogens with zero attached hydrogens (tertiary/aromatic N) is 4. The Labute approximate surface area is 227 Å². The van der Waals surface area contributed by atoms with Gasteiger partial charge in [0.15, 0.2) is 0 Å². The van der Waals surface area contributed by atoms with Crippen LogP contribution in [0.5, 0.6) is 0 Å². The number of carbonyl (C=O) groups excluding carboxylic acids is 1. The minimum Gasteiger partial charge on any atom is -0.382 e. The summed E-state index contributed by atoms with van der Waals surface area (Å²) >= 11 is 0. The molecule has 2 aromatic carbocycles. The van der Waals surface area contributed by atoms with E-state index < -0.39 is 17.6 Å². The Balaban J connectivity index is 1.69. The third-order valence-electron chi connectivity index (χ3n) is 6.45. The zero-order valence-electron chi connectivity index (χ0n) is 22.6. The molecule has 1 fully saturated rings. The van der Waals surface area contributed by atoms with E-state index >= 15 is 0 Å². The van der Waals surface area contributed by atoms with Gasteiger partial charge in [0.05, 0.1) is 18.3 Å². The van der Waals surface area contributed by atoms with Gasteiger partial charge < -0.3 is 21.3 Å². The Kier molecular flexibility index (Phi) is 10.6. The highest BCUT2D eigenvalue weighted by molar-refractivity contribution is 6.05. The summed E-state index contributed by atoms with van der Waals surface area (Å²) in [6.45, 7) is 10.3. The highest BCUT2D eigenvalue weighted by Crippen LogP contribution is 2.35. The van der Waals surface area contributed by atoms with E-state index in [1.807, 2.05) is 11.8 Å². The van der Waals surface area contributed by atoms with E-state index in [9.17, 15) is 18.0 Å². The summed E-state index contributed by atoms with van der Waals surface area (Å²) in [4.78, 5) is 25.2. The van der Waals surface area contributed by atoms with Crippen LogP contribution in [-0.4, -0.2) is 67.4 Å². The molecule has 0 bridgehead atoms. The number of likely N-dealkylation sites (N-methyl/N-ethyl adjacent to an activating group) is 1. The number of alkyl halides is 3. The van der Waals surface area contributed by atoms with Crippen LogP contribution >= 0.6 is 0 Å². The number of benzene rings is 2. The number of aliphatic imine (C=N–C) groups is 2. The molecule has 39 heavy (non-hydrogen) atoms. The van der Waals surface area contributed by atoms with E-state index in [2.05, 4.69) is 32.4 Å². The Bertz CT molecular complexity index is 1220. The lowest BCUT2D eigenvalue weighted by molar-refractivity contribution is -0.138. The molecular weight excluding hydrogens is 507 g/mol. The van der Waals surface area contributed by atoms with Crippen LogP contribution in [-0.2, 0) is 12.7 Å². The molecule has 0 unspecified atom stereocenters. The van der Waals surface area contributed by atoms with Crippen LogP contribution in [0.3, 0.4) is 0 Å². The highest BCUT2D eigenvalue weighted by atomic mass is 19.4. The van der Waals surface area contributed by atoms with E-state index in [1.54, 1.807) is 37.6 Å². The fourth-order valence-electron chi connectivity index (χ4n) is 4.24. The van der Waals surface area contributed by atoms with Gasteiger partial charge in [0.2, 0.25) is 0 Å². The molecule has 8 nitrogen and oxygen atoms in total. The zero-order chi connectivity index (χ0) is 28.4. The number of hydrogen-bond acceptors (Lipinski definition) is 7. The summed E-state index contributed by atoms with van der Waals surface area (Å²) in [5, 5.41) is 5.78. The number of rotatable bonds is 10. The maximum atomic E-state index is 13.9. The minimum atomic E-state index is -4.54. The number of carbonyl (C=O) groups is 1. The Morgan fingerprint density at radius 2 is 1.82 bits per heavy atom. The summed E-state index contributed by atoms with van der Waals surface area (Å²) in [6.07, 6.45) is 0.0549. The lowest BCUT2D eigenvalue weighted by atomic mass is 10.0. The van der Waals surface area contributed by atoms with Crippen LogP contribution in [0.15, 0.2) is 58.4 Å². The number of hydrogen-bond donors (Lipinski definition) is 3. The predicted octanol–water partition coefficient (Wildman–Crippen LogP) is 4.73. The van der Waals surface area contributed by atoms with Gasteiger partial charge in [-0.05, 0) is 55.8 Å². The number of halogens is 3. The van der Waals surface area contributed by atoms with Crippen molar-refractivity contribution in [3.63, 3.8) is 0 Å². The van der Waals surface area contributed by atoms with E-state index in [0.717, 1.165) is 44.4 Å². The first kappa shape index (κ1) is 29.9. The largest absolute Gasteiger partial charge is 0.416 e. The van der Waals surface area contributed by atoms with Gasteiger partial charge >= 0.3 is 6.18 Å². The number of amides is 1. The average molecular weight is 544 g/mol. The molecular formula is C28H36F3N7O. The van der Waals surface area contributed by atoms with Crippen LogP contribution in [0.2, 0.25) is 0 Å². The van der Waals surface area contributed by atoms with E-state index in [0.29, 0.717) is 17.8 Å². The molecule has 4 N–H and O–H groups in total. The van der Waals surface area contributed by atoms with Crippen molar-refractivity contribution in [1.82, 2.24) is 9.80 Å². The lowest BCUT2D eigenvalue weighted by Crippen LogP contribution is -2.45. The third kappa shape index (κ3) is 8.93. The quantitative estimate of drug-likeness (QED) is 0.376. The van der Waals surface area contributed by atoms with Gasteiger partial charge in [0.25, 0.3) is 5.91 Å². The monoisotopic (exact) mass is 543 g/mol. The van der Waals surface area contributed by atoms with Crippen molar-refractivity contribution < 1.29 is 18.0 Å². The molecule has 11 heteroatoms. The standard InChI is InChI=1S/C28H36F3N7O/c1-4-34-26(32)18-33-10-11-35-25-16-21(7-6-20(25)3)27(39)36-23-9-8-22(24(17-23)28(29,30)31)19-38-14-12-37(5-2)13-15-38/h4,6-10,16-18,35H,5,11-15,19,32H2,1-3H3,(H,36,39)/b26-18-,33-10?,34-4?. The maximum absolute atomic E-state index is 13.9. The first-order valence-corrected chi connectivity index (χ1v) is 12.9. The predicted molar refractivity (Wildman–Crippen MR) is 151 cm³/mol. The molecule has 1 amide bonds. The number of piperazine rings is 1. The summed E-state index contributed by atoms with van der Waals surface area (Å²) in [5.41, 5.74) is 7.10. The van der Waals surface area contributed by atoms with Gasteiger partial charge in [0.1, 0.15) is 5.82 Å². The van der Waals surface area contributed by atoms with Gasteiger partial charge in [0, 0.05) is 62.1 Å². The molecule has 2 aromatic rings. The van der Waals surface area contributed by atoms with Crippen LogP contribution < -0.4 is 16.4 Å². The van der Waals surface area contributed by atoms with E-state index in [1.165, 1.54) is 18.3 Å². The number of aryl methyl sites for hydroxylation is 1. The SMILES string of the molecule is CC=N/C(N)=C\N=CCNc1cc(C(=O)Nc2ccc(CN3CCN(CC)CC3)c(C(F)(F)F)c2)ccc1C. The second-order valence-electron chi connectivity index (χ2n) is 9.22. The third-order valence-corrected chi connectivity index (χ3v) is 6.45. The summed E-state index contributed by atoms with van der Waals surface area (Å²) in [6, 6.07) is 9.05. The van der Waals surface area contributed by atoms with E-state index in [4.69, 9.17) is 5.73 Å². The van der Waals surface area contributed by atoms with Gasteiger partial charge in [-0.25, -0.2) is 4.99 Å². The van der Waals surface area contributed by atoms with Crippen LogP contribution in [0, 0.1) is 6.92 Å². The number of anilines is 2. The van der Waals surface area contributed by atoms with Crippen molar-refractivity contribution in [2.45, 2.75) is 33.5 Å². The minimum absolute atomic E-state index is 0.0909. The molecule has 1 aliphatic heterocycles. The zero-order valence-corrected chi connectivity index (χ0v) is 22.6. The number of nitrogens with one attached hydrogen (secondary N) is 2. The Hall–Kier alpha value is -3.70. The molecule has 0 aromatic heterocycles. The molecule has 0 spiro atoms. The van der Waals surface area contributed by atoms with E-state index in [-0.39, 0.29) is 23.6 Å². The molecule has 1 aliphatic rings. The van der Waals surface area contributed by atoms with Gasteiger partial charge in [-0.15, -0.1) is 0 Å². The van der Waals surface area contributed by atoms with Crippen molar-refractivity contribution in [3.8, 4) is 0 Å². The fraction of sp³-hybridized carbons (Fsp3) is 0.393. The van der Waals surface area contributed by atoms with Crippen molar-refractivity contribution in [1.29, 1.82) is 0 Å².